The Kier molecular flexibility index (Phi) is 5.38. The van der Waals surface area contributed by atoms with Gasteiger partial charge in [0.25, 0.3) is 0 Å². The monoisotopic (exact) mass is 379 g/mol. The highest BCUT2D eigenvalue weighted by molar-refractivity contribution is 7.88. The summed E-state index contributed by atoms with van der Waals surface area (Å²) in [5.41, 5.74) is 0.456. The second-order valence-corrected chi connectivity index (χ2v) is 8.39. The predicted molar refractivity (Wildman–Crippen MR) is 99.2 cm³/mol. The van der Waals surface area contributed by atoms with Crippen molar-refractivity contribution in [2.75, 3.05) is 50.1 Å². The van der Waals surface area contributed by atoms with Crippen LogP contribution in [0.15, 0.2) is 36.4 Å². The van der Waals surface area contributed by atoms with Gasteiger partial charge in [-0.15, -0.1) is 10.2 Å². The molecule has 1 fully saturated rings. The molecule has 0 atom stereocenters. The molecule has 0 amide bonds. The maximum atomic E-state index is 13.3. The molecule has 1 saturated heterocycles. The van der Waals surface area contributed by atoms with Crippen LogP contribution in [-0.2, 0) is 15.8 Å². The number of hydrogen-bond donors (Lipinski definition) is 0. The van der Waals surface area contributed by atoms with Gasteiger partial charge < -0.3 is 9.80 Å². The molecular formula is C17H22FN5O2S. The van der Waals surface area contributed by atoms with Crippen molar-refractivity contribution in [3.8, 4) is 0 Å². The Morgan fingerprint density at radius 1 is 1.08 bits per heavy atom. The second-order valence-electron chi connectivity index (χ2n) is 6.42. The van der Waals surface area contributed by atoms with Crippen LogP contribution in [0, 0.1) is 5.82 Å². The maximum absolute atomic E-state index is 13.3. The zero-order valence-electron chi connectivity index (χ0n) is 14.8. The van der Waals surface area contributed by atoms with Gasteiger partial charge in [-0.1, -0.05) is 12.1 Å². The van der Waals surface area contributed by atoms with Gasteiger partial charge in [-0.25, -0.2) is 12.8 Å². The fraction of sp³-hybridized carbons (Fsp3) is 0.412. The molecule has 0 spiro atoms. The van der Waals surface area contributed by atoms with E-state index in [0.717, 1.165) is 11.6 Å². The first-order chi connectivity index (χ1) is 12.3. The van der Waals surface area contributed by atoms with Crippen LogP contribution in [0.5, 0.6) is 0 Å². The van der Waals surface area contributed by atoms with Gasteiger partial charge in [-0.2, -0.15) is 4.31 Å². The summed E-state index contributed by atoms with van der Waals surface area (Å²) in [5, 5.41) is 8.37. The van der Waals surface area contributed by atoms with Gasteiger partial charge in [0.15, 0.2) is 11.6 Å². The second kappa shape index (κ2) is 7.55. The predicted octanol–water partition coefficient (Wildman–Crippen LogP) is 1.33. The number of rotatable bonds is 5. The highest BCUT2D eigenvalue weighted by Gasteiger charge is 2.27. The molecule has 0 saturated carbocycles. The van der Waals surface area contributed by atoms with E-state index in [9.17, 15) is 12.8 Å². The molecule has 1 aliphatic rings. The lowest BCUT2D eigenvalue weighted by Crippen LogP contribution is -2.49. The van der Waals surface area contributed by atoms with Crippen molar-refractivity contribution in [1.82, 2.24) is 14.5 Å². The summed E-state index contributed by atoms with van der Waals surface area (Å²) in [7, 11) is 0.310. The van der Waals surface area contributed by atoms with E-state index in [1.165, 1.54) is 22.5 Å². The summed E-state index contributed by atoms with van der Waals surface area (Å²) in [5.74, 6) is 0.882. The van der Waals surface area contributed by atoms with E-state index in [1.807, 2.05) is 36.0 Å². The molecule has 0 N–H and O–H groups in total. The lowest BCUT2D eigenvalue weighted by molar-refractivity contribution is 0.383. The fourth-order valence-corrected chi connectivity index (χ4v) is 4.35. The van der Waals surface area contributed by atoms with Gasteiger partial charge in [0.05, 0.1) is 5.75 Å². The lowest BCUT2D eigenvalue weighted by Gasteiger charge is -2.34. The van der Waals surface area contributed by atoms with Crippen LogP contribution in [0.4, 0.5) is 16.0 Å². The molecule has 3 rings (SSSR count). The minimum atomic E-state index is -3.48. The minimum absolute atomic E-state index is 0.192. The molecule has 2 heterocycles. The van der Waals surface area contributed by atoms with Crippen molar-refractivity contribution in [1.29, 1.82) is 0 Å². The quantitative estimate of drug-likeness (QED) is 0.781. The first-order valence-electron chi connectivity index (χ1n) is 8.33. The molecular weight excluding hydrogens is 357 g/mol. The number of halogens is 1. The molecule has 9 heteroatoms. The highest BCUT2D eigenvalue weighted by Crippen LogP contribution is 2.18. The number of aromatic nitrogens is 2. The Bertz CT molecular complexity index is 850. The Balaban J connectivity index is 1.62. The van der Waals surface area contributed by atoms with Crippen LogP contribution in [0.2, 0.25) is 0 Å². The third kappa shape index (κ3) is 4.28. The van der Waals surface area contributed by atoms with E-state index in [2.05, 4.69) is 10.2 Å². The van der Waals surface area contributed by atoms with E-state index < -0.39 is 15.8 Å². The molecule has 0 bridgehead atoms. The third-order valence-corrected chi connectivity index (χ3v) is 6.14. The number of anilines is 2. The molecule has 2 aromatic rings. The van der Waals surface area contributed by atoms with E-state index in [1.54, 1.807) is 6.07 Å². The summed E-state index contributed by atoms with van der Waals surface area (Å²) in [6, 6.07) is 9.48. The van der Waals surface area contributed by atoms with E-state index in [0.29, 0.717) is 31.7 Å². The molecule has 7 nitrogen and oxygen atoms in total. The van der Waals surface area contributed by atoms with E-state index in [4.69, 9.17) is 0 Å². The molecule has 140 valence electrons. The molecule has 1 aliphatic heterocycles. The van der Waals surface area contributed by atoms with Crippen molar-refractivity contribution in [2.45, 2.75) is 5.75 Å². The number of nitrogens with zero attached hydrogens (tertiary/aromatic N) is 5. The van der Waals surface area contributed by atoms with E-state index in [-0.39, 0.29) is 5.75 Å². The average Bonchev–Trinajstić information content (AvgIpc) is 2.61. The van der Waals surface area contributed by atoms with Crippen LogP contribution in [-0.4, -0.2) is 63.2 Å². The SMILES string of the molecule is CN(C)c1ccc(N2CCN(S(=O)(=O)Cc3cccc(F)c3)CC2)nn1. The van der Waals surface area contributed by atoms with Crippen molar-refractivity contribution < 1.29 is 12.8 Å². The number of piperazine rings is 1. The largest absolute Gasteiger partial charge is 0.361 e. The summed E-state index contributed by atoms with van der Waals surface area (Å²) >= 11 is 0. The Labute approximate surface area is 153 Å². The van der Waals surface area contributed by atoms with Crippen LogP contribution in [0.3, 0.4) is 0 Å². The molecule has 26 heavy (non-hydrogen) atoms. The summed E-state index contributed by atoms with van der Waals surface area (Å²) in [4.78, 5) is 3.88. The van der Waals surface area contributed by atoms with Crippen LogP contribution in [0.25, 0.3) is 0 Å². The van der Waals surface area contributed by atoms with Crippen molar-refractivity contribution in [2.24, 2.45) is 0 Å². The standard InChI is InChI=1S/C17H22FN5O2S/c1-21(2)16-6-7-17(20-19-16)22-8-10-23(11-9-22)26(24,25)13-14-4-3-5-15(18)12-14/h3-7,12H,8-11,13H2,1-2H3. The van der Waals surface area contributed by atoms with Gasteiger partial charge in [0.1, 0.15) is 5.82 Å². The van der Waals surface area contributed by atoms with Gasteiger partial charge in [0, 0.05) is 40.3 Å². The van der Waals surface area contributed by atoms with Gasteiger partial charge >= 0.3 is 0 Å². The summed E-state index contributed by atoms with van der Waals surface area (Å²) < 4.78 is 39.9. The number of hydrogen-bond acceptors (Lipinski definition) is 6. The van der Waals surface area contributed by atoms with Gasteiger partial charge in [-0.3, -0.25) is 0 Å². The minimum Gasteiger partial charge on any atom is -0.361 e. The topological polar surface area (TPSA) is 69.6 Å². The smallest absolute Gasteiger partial charge is 0.218 e. The average molecular weight is 379 g/mol. The first kappa shape index (κ1) is 18.5. The van der Waals surface area contributed by atoms with Crippen molar-refractivity contribution in [3.63, 3.8) is 0 Å². The zero-order valence-corrected chi connectivity index (χ0v) is 15.7. The van der Waals surface area contributed by atoms with E-state index >= 15 is 0 Å². The summed E-state index contributed by atoms with van der Waals surface area (Å²) in [6.07, 6.45) is 0. The first-order valence-corrected chi connectivity index (χ1v) is 9.94. The van der Waals surface area contributed by atoms with Gasteiger partial charge in [0.2, 0.25) is 10.0 Å². The van der Waals surface area contributed by atoms with Crippen molar-refractivity contribution >= 4 is 21.7 Å². The molecule has 1 aromatic heterocycles. The lowest BCUT2D eigenvalue weighted by atomic mass is 10.2. The zero-order chi connectivity index (χ0) is 18.7. The van der Waals surface area contributed by atoms with Gasteiger partial charge in [-0.05, 0) is 29.8 Å². The third-order valence-electron chi connectivity index (χ3n) is 4.29. The molecule has 0 aliphatic carbocycles. The normalized spacial score (nSPS) is 15.9. The Hall–Kier alpha value is -2.26. The maximum Gasteiger partial charge on any atom is 0.218 e. The molecule has 0 unspecified atom stereocenters. The van der Waals surface area contributed by atoms with Crippen molar-refractivity contribution in [3.05, 3.63) is 47.8 Å². The van der Waals surface area contributed by atoms with Crippen LogP contribution >= 0.6 is 0 Å². The fourth-order valence-electron chi connectivity index (χ4n) is 2.85. The molecule has 0 radical (unpaired) electrons. The Morgan fingerprint density at radius 2 is 1.81 bits per heavy atom. The Morgan fingerprint density at radius 3 is 2.38 bits per heavy atom. The van der Waals surface area contributed by atoms with Crippen LogP contribution < -0.4 is 9.80 Å². The highest BCUT2D eigenvalue weighted by atomic mass is 32.2. The molecule has 1 aromatic carbocycles. The van der Waals surface area contributed by atoms with Crippen LogP contribution in [0.1, 0.15) is 5.56 Å². The number of sulfonamides is 1. The summed E-state index contributed by atoms with van der Waals surface area (Å²) in [6.45, 7) is 1.82. The number of benzene rings is 1.